The largest absolute Gasteiger partial charge is 0.0843 e. The van der Waals surface area contributed by atoms with Crippen LogP contribution in [0.2, 0.25) is 5.02 Å². The minimum Gasteiger partial charge on any atom is -0.0843 e. The summed E-state index contributed by atoms with van der Waals surface area (Å²) in [5.74, 6) is 0. The molecule has 2 heteroatoms. The van der Waals surface area contributed by atoms with Crippen LogP contribution >= 0.6 is 27.5 Å². The molecule has 0 atom stereocenters. The van der Waals surface area contributed by atoms with Gasteiger partial charge in [0.05, 0.1) is 0 Å². The van der Waals surface area contributed by atoms with Gasteiger partial charge in [0, 0.05) is 9.50 Å². The van der Waals surface area contributed by atoms with Crippen molar-refractivity contribution in [3.8, 4) is 0 Å². The predicted octanol–water partition coefficient (Wildman–Crippen LogP) is 4.69. The molecule has 0 bridgehead atoms. The van der Waals surface area contributed by atoms with Crippen molar-refractivity contribution in [2.45, 2.75) is 6.42 Å². The average Bonchev–Trinajstić information content (AvgIpc) is 2.25. The van der Waals surface area contributed by atoms with Gasteiger partial charge >= 0.3 is 0 Å². The van der Waals surface area contributed by atoms with Crippen LogP contribution in [0, 0.1) is 0 Å². The predicted molar refractivity (Wildman–Crippen MR) is 68.4 cm³/mol. The molecular weight excluding hydrogens is 272 g/mol. The van der Waals surface area contributed by atoms with Crippen molar-refractivity contribution in [3.63, 3.8) is 0 Å². The molecule has 15 heavy (non-hydrogen) atoms. The minimum atomic E-state index is 0.787. The second-order valence-corrected chi connectivity index (χ2v) is 4.78. The summed E-state index contributed by atoms with van der Waals surface area (Å²) in [5, 5.41) is 0.787. The van der Waals surface area contributed by atoms with Gasteiger partial charge in [0.2, 0.25) is 0 Å². The lowest BCUT2D eigenvalue weighted by Crippen LogP contribution is -1.86. The molecule has 0 radical (unpaired) electrons. The molecule has 0 unspecified atom stereocenters. The van der Waals surface area contributed by atoms with Crippen molar-refractivity contribution in [3.05, 3.63) is 69.2 Å². The van der Waals surface area contributed by atoms with Gasteiger partial charge in [-0.05, 0) is 41.8 Å². The summed E-state index contributed by atoms with van der Waals surface area (Å²) in [4.78, 5) is 0. The third kappa shape index (κ3) is 3.08. The van der Waals surface area contributed by atoms with E-state index in [-0.39, 0.29) is 0 Å². The van der Waals surface area contributed by atoms with Gasteiger partial charge in [-0.15, -0.1) is 0 Å². The first-order valence-corrected chi connectivity index (χ1v) is 5.90. The molecule has 0 aromatic heterocycles. The van der Waals surface area contributed by atoms with E-state index in [4.69, 9.17) is 11.6 Å². The molecule has 0 saturated carbocycles. The van der Waals surface area contributed by atoms with E-state index >= 15 is 0 Å². The highest BCUT2D eigenvalue weighted by Crippen LogP contribution is 2.15. The van der Waals surface area contributed by atoms with E-state index in [0.717, 1.165) is 15.9 Å². The van der Waals surface area contributed by atoms with Gasteiger partial charge in [0.1, 0.15) is 0 Å². The fraction of sp³-hybridized carbons (Fsp3) is 0.0769. The number of rotatable bonds is 2. The Morgan fingerprint density at radius 2 is 1.27 bits per heavy atom. The molecule has 0 saturated heterocycles. The lowest BCUT2D eigenvalue weighted by molar-refractivity contribution is 1.19. The molecule has 2 rings (SSSR count). The molecule has 76 valence electrons. The van der Waals surface area contributed by atoms with Gasteiger partial charge in [-0.25, -0.2) is 0 Å². The maximum Gasteiger partial charge on any atom is 0.0406 e. The first-order valence-electron chi connectivity index (χ1n) is 4.73. The maximum atomic E-state index is 5.83. The van der Waals surface area contributed by atoms with Gasteiger partial charge in [-0.3, -0.25) is 0 Å². The third-order valence-corrected chi connectivity index (χ3v) is 3.02. The van der Waals surface area contributed by atoms with Crippen LogP contribution in [-0.4, -0.2) is 0 Å². The van der Waals surface area contributed by atoms with Crippen molar-refractivity contribution < 1.29 is 0 Å². The first kappa shape index (κ1) is 10.7. The van der Waals surface area contributed by atoms with Crippen molar-refractivity contribution in [2.75, 3.05) is 0 Å². The summed E-state index contributed by atoms with van der Waals surface area (Å²) in [6, 6.07) is 16.3. The van der Waals surface area contributed by atoms with Gasteiger partial charge in [-0.1, -0.05) is 51.8 Å². The molecule has 0 amide bonds. The van der Waals surface area contributed by atoms with E-state index in [9.17, 15) is 0 Å². The zero-order chi connectivity index (χ0) is 10.7. The molecule has 0 aliphatic heterocycles. The Morgan fingerprint density at radius 1 is 0.800 bits per heavy atom. The van der Waals surface area contributed by atoms with Crippen molar-refractivity contribution >= 4 is 27.5 Å². The molecule has 2 aromatic rings. The number of halogens is 2. The van der Waals surface area contributed by atoms with E-state index in [1.54, 1.807) is 0 Å². The molecule has 0 nitrogen and oxygen atoms in total. The first-order chi connectivity index (χ1) is 7.24. The highest BCUT2D eigenvalue weighted by molar-refractivity contribution is 9.10. The zero-order valence-electron chi connectivity index (χ0n) is 8.08. The van der Waals surface area contributed by atoms with Gasteiger partial charge in [0.25, 0.3) is 0 Å². The van der Waals surface area contributed by atoms with Gasteiger partial charge in [0.15, 0.2) is 0 Å². The van der Waals surface area contributed by atoms with Crippen LogP contribution in [0.5, 0.6) is 0 Å². The Labute approximate surface area is 103 Å². The Bertz CT molecular complexity index is 388. The molecule has 0 aliphatic carbocycles. The summed E-state index contributed by atoms with van der Waals surface area (Å²) in [6.07, 6.45) is 0.949. The summed E-state index contributed by atoms with van der Waals surface area (Å²) >= 11 is 9.25. The molecule has 0 aliphatic rings. The monoisotopic (exact) mass is 280 g/mol. The summed E-state index contributed by atoms with van der Waals surface area (Å²) in [5.41, 5.74) is 2.59. The second kappa shape index (κ2) is 4.82. The lowest BCUT2D eigenvalue weighted by Gasteiger charge is -2.02. The van der Waals surface area contributed by atoms with E-state index in [1.165, 1.54) is 11.1 Å². The normalized spacial score (nSPS) is 10.3. The zero-order valence-corrected chi connectivity index (χ0v) is 10.4. The Balaban J connectivity index is 2.15. The summed E-state index contributed by atoms with van der Waals surface area (Å²) in [6.45, 7) is 0. The quantitative estimate of drug-likeness (QED) is 0.749. The average molecular weight is 282 g/mol. The molecule has 0 N–H and O–H groups in total. The molecule has 0 spiro atoms. The molecule has 2 aromatic carbocycles. The van der Waals surface area contributed by atoms with E-state index in [2.05, 4.69) is 52.3 Å². The highest BCUT2D eigenvalue weighted by atomic mass is 79.9. The Kier molecular flexibility index (Phi) is 3.45. The number of benzene rings is 2. The standard InChI is InChI=1S/C13H10BrCl/c14-12-5-1-10(2-6-12)9-11-3-7-13(15)8-4-11/h1-8H,9H2. The van der Waals surface area contributed by atoms with Crippen LogP contribution in [0.1, 0.15) is 11.1 Å². The smallest absolute Gasteiger partial charge is 0.0406 e. The number of hydrogen-bond acceptors (Lipinski definition) is 0. The minimum absolute atomic E-state index is 0.787. The molecular formula is C13H10BrCl. The van der Waals surface area contributed by atoms with E-state index in [1.807, 2.05) is 12.1 Å². The number of hydrogen-bond donors (Lipinski definition) is 0. The van der Waals surface area contributed by atoms with Crippen LogP contribution in [0.15, 0.2) is 53.0 Å². The SMILES string of the molecule is Clc1ccc(Cc2ccc(Br)cc2)cc1. The van der Waals surface area contributed by atoms with Crippen LogP contribution < -0.4 is 0 Å². The molecule has 0 heterocycles. The lowest BCUT2D eigenvalue weighted by atomic mass is 10.1. The van der Waals surface area contributed by atoms with Crippen molar-refractivity contribution in [1.82, 2.24) is 0 Å². The fourth-order valence-electron chi connectivity index (χ4n) is 1.44. The maximum absolute atomic E-state index is 5.83. The van der Waals surface area contributed by atoms with Gasteiger partial charge in [-0.2, -0.15) is 0 Å². The molecule has 0 fully saturated rings. The van der Waals surface area contributed by atoms with E-state index < -0.39 is 0 Å². The summed E-state index contributed by atoms with van der Waals surface area (Å²) < 4.78 is 1.11. The second-order valence-electron chi connectivity index (χ2n) is 3.43. The van der Waals surface area contributed by atoms with Gasteiger partial charge < -0.3 is 0 Å². The third-order valence-electron chi connectivity index (χ3n) is 2.23. The van der Waals surface area contributed by atoms with Crippen LogP contribution in [0.25, 0.3) is 0 Å². The Hall–Kier alpha value is -0.790. The highest BCUT2D eigenvalue weighted by Gasteiger charge is 1.96. The Morgan fingerprint density at radius 3 is 1.80 bits per heavy atom. The van der Waals surface area contributed by atoms with Crippen molar-refractivity contribution in [2.24, 2.45) is 0 Å². The van der Waals surface area contributed by atoms with E-state index in [0.29, 0.717) is 0 Å². The fourth-order valence-corrected chi connectivity index (χ4v) is 1.83. The summed E-state index contributed by atoms with van der Waals surface area (Å²) in [7, 11) is 0. The topological polar surface area (TPSA) is 0 Å². The van der Waals surface area contributed by atoms with Crippen LogP contribution in [-0.2, 0) is 6.42 Å². The van der Waals surface area contributed by atoms with Crippen LogP contribution in [0.4, 0.5) is 0 Å². The van der Waals surface area contributed by atoms with Crippen LogP contribution in [0.3, 0.4) is 0 Å². The van der Waals surface area contributed by atoms with Crippen molar-refractivity contribution in [1.29, 1.82) is 0 Å².